The summed E-state index contributed by atoms with van der Waals surface area (Å²) in [6.07, 6.45) is 2.03. The van der Waals surface area contributed by atoms with E-state index in [1.807, 2.05) is 13.0 Å². The molecule has 4 nitrogen and oxygen atoms in total. The first-order chi connectivity index (χ1) is 7.15. The summed E-state index contributed by atoms with van der Waals surface area (Å²) in [5, 5.41) is 0.507. The maximum atomic E-state index is 5.90. The summed E-state index contributed by atoms with van der Waals surface area (Å²) in [5.74, 6) is 1.63. The van der Waals surface area contributed by atoms with Gasteiger partial charge in [0.05, 0.1) is 0 Å². The molecule has 82 valence electrons. The molecule has 2 rings (SSSR count). The highest BCUT2D eigenvalue weighted by Crippen LogP contribution is 2.19. The van der Waals surface area contributed by atoms with E-state index < -0.39 is 0 Å². The van der Waals surface area contributed by atoms with Crippen LogP contribution in [0.4, 0.5) is 5.82 Å². The van der Waals surface area contributed by atoms with Gasteiger partial charge in [-0.05, 0) is 19.8 Å². The standard InChI is InChI=1S/C10H15ClN4/c1-7-13-9(11)6-10(14-7)15-4-2-8(12)3-5-15/h6,8H,2-5,12H2,1H3. The van der Waals surface area contributed by atoms with Gasteiger partial charge in [0, 0.05) is 25.2 Å². The highest BCUT2D eigenvalue weighted by atomic mass is 35.5. The monoisotopic (exact) mass is 226 g/mol. The van der Waals surface area contributed by atoms with E-state index in [2.05, 4.69) is 14.9 Å². The molecule has 1 saturated heterocycles. The first-order valence-electron chi connectivity index (χ1n) is 5.17. The molecule has 0 aliphatic carbocycles. The van der Waals surface area contributed by atoms with Crippen molar-refractivity contribution in [3.05, 3.63) is 17.0 Å². The van der Waals surface area contributed by atoms with Gasteiger partial charge in [0.25, 0.3) is 0 Å². The van der Waals surface area contributed by atoms with Crippen LogP contribution in [0.3, 0.4) is 0 Å². The fourth-order valence-corrected chi connectivity index (χ4v) is 2.03. The molecule has 2 heterocycles. The minimum absolute atomic E-state index is 0.333. The molecule has 0 aromatic carbocycles. The Balaban J connectivity index is 2.15. The second-order valence-corrected chi connectivity index (χ2v) is 4.31. The molecule has 0 amide bonds. The van der Waals surface area contributed by atoms with Gasteiger partial charge >= 0.3 is 0 Å². The number of nitrogens with zero attached hydrogens (tertiary/aromatic N) is 3. The number of nitrogens with two attached hydrogens (primary N) is 1. The van der Waals surface area contributed by atoms with Crippen LogP contribution in [-0.4, -0.2) is 29.1 Å². The molecule has 1 fully saturated rings. The number of piperidine rings is 1. The van der Waals surface area contributed by atoms with Gasteiger partial charge in [-0.2, -0.15) is 0 Å². The number of aryl methyl sites for hydroxylation is 1. The normalized spacial score (nSPS) is 18.2. The highest BCUT2D eigenvalue weighted by molar-refractivity contribution is 6.29. The zero-order valence-electron chi connectivity index (χ0n) is 8.78. The van der Waals surface area contributed by atoms with E-state index in [1.54, 1.807) is 0 Å². The zero-order chi connectivity index (χ0) is 10.8. The Morgan fingerprint density at radius 2 is 2.07 bits per heavy atom. The molecule has 0 saturated carbocycles. The number of rotatable bonds is 1. The van der Waals surface area contributed by atoms with Crippen LogP contribution < -0.4 is 10.6 Å². The molecular weight excluding hydrogens is 212 g/mol. The van der Waals surface area contributed by atoms with Crippen LogP contribution in [0.25, 0.3) is 0 Å². The number of hydrogen-bond donors (Lipinski definition) is 1. The number of aromatic nitrogens is 2. The maximum absolute atomic E-state index is 5.90. The largest absolute Gasteiger partial charge is 0.356 e. The molecule has 2 N–H and O–H groups in total. The lowest BCUT2D eigenvalue weighted by molar-refractivity contribution is 0.498. The van der Waals surface area contributed by atoms with Gasteiger partial charge in [-0.25, -0.2) is 9.97 Å². The van der Waals surface area contributed by atoms with Crippen molar-refractivity contribution in [1.29, 1.82) is 0 Å². The van der Waals surface area contributed by atoms with Gasteiger partial charge in [-0.15, -0.1) is 0 Å². The average Bonchev–Trinajstić information content (AvgIpc) is 2.17. The van der Waals surface area contributed by atoms with Crippen LogP contribution in [0, 0.1) is 6.92 Å². The van der Waals surface area contributed by atoms with Crippen molar-refractivity contribution in [2.24, 2.45) is 5.73 Å². The Bertz CT molecular complexity index is 327. The predicted molar refractivity (Wildman–Crippen MR) is 61.2 cm³/mol. The van der Waals surface area contributed by atoms with E-state index in [9.17, 15) is 0 Å². The zero-order valence-corrected chi connectivity index (χ0v) is 9.54. The van der Waals surface area contributed by atoms with Gasteiger partial charge < -0.3 is 10.6 Å². The van der Waals surface area contributed by atoms with Crippen molar-refractivity contribution in [2.45, 2.75) is 25.8 Å². The van der Waals surface area contributed by atoms with Crippen molar-refractivity contribution in [1.82, 2.24) is 9.97 Å². The average molecular weight is 227 g/mol. The molecule has 0 unspecified atom stereocenters. The summed E-state index contributed by atoms with van der Waals surface area (Å²) >= 11 is 5.90. The summed E-state index contributed by atoms with van der Waals surface area (Å²) in [6.45, 7) is 3.76. The third kappa shape index (κ3) is 2.58. The van der Waals surface area contributed by atoms with E-state index in [1.165, 1.54) is 0 Å². The minimum atomic E-state index is 0.333. The molecule has 0 spiro atoms. The molecule has 1 aliphatic heterocycles. The first-order valence-corrected chi connectivity index (χ1v) is 5.54. The summed E-state index contributed by atoms with van der Waals surface area (Å²) < 4.78 is 0. The molecule has 1 aromatic heterocycles. The van der Waals surface area contributed by atoms with Crippen LogP contribution in [-0.2, 0) is 0 Å². The van der Waals surface area contributed by atoms with Crippen molar-refractivity contribution in [3.63, 3.8) is 0 Å². The smallest absolute Gasteiger partial charge is 0.134 e. The molecule has 1 aliphatic rings. The molecule has 0 bridgehead atoms. The highest BCUT2D eigenvalue weighted by Gasteiger charge is 2.17. The lowest BCUT2D eigenvalue weighted by atomic mass is 10.1. The van der Waals surface area contributed by atoms with Crippen LogP contribution in [0.5, 0.6) is 0 Å². The van der Waals surface area contributed by atoms with E-state index in [4.69, 9.17) is 17.3 Å². The number of halogens is 1. The Labute approximate surface area is 94.5 Å². The van der Waals surface area contributed by atoms with Crippen molar-refractivity contribution in [2.75, 3.05) is 18.0 Å². The summed E-state index contributed by atoms with van der Waals surface area (Å²) in [6, 6.07) is 2.14. The van der Waals surface area contributed by atoms with E-state index in [-0.39, 0.29) is 0 Å². The maximum Gasteiger partial charge on any atom is 0.134 e. The molecule has 5 heteroatoms. The van der Waals surface area contributed by atoms with Gasteiger partial charge in [-0.3, -0.25) is 0 Å². The predicted octanol–water partition coefficient (Wildman–Crippen LogP) is 1.37. The minimum Gasteiger partial charge on any atom is -0.356 e. The lowest BCUT2D eigenvalue weighted by Crippen LogP contribution is -2.40. The number of hydrogen-bond acceptors (Lipinski definition) is 4. The van der Waals surface area contributed by atoms with E-state index in [0.717, 1.165) is 31.7 Å². The molecular formula is C10H15ClN4. The van der Waals surface area contributed by atoms with Crippen molar-refractivity contribution >= 4 is 17.4 Å². The van der Waals surface area contributed by atoms with E-state index in [0.29, 0.717) is 17.0 Å². The second kappa shape index (κ2) is 4.33. The molecule has 15 heavy (non-hydrogen) atoms. The Morgan fingerprint density at radius 1 is 1.40 bits per heavy atom. The summed E-state index contributed by atoms with van der Waals surface area (Å²) in [4.78, 5) is 10.6. The van der Waals surface area contributed by atoms with Gasteiger partial charge in [0.15, 0.2) is 0 Å². The third-order valence-corrected chi connectivity index (χ3v) is 2.85. The van der Waals surface area contributed by atoms with Gasteiger partial charge in [0.1, 0.15) is 16.8 Å². The van der Waals surface area contributed by atoms with Crippen LogP contribution in [0.1, 0.15) is 18.7 Å². The van der Waals surface area contributed by atoms with Crippen molar-refractivity contribution < 1.29 is 0 Å². The fraction of sp³-hybridized carbons (Fsp3) is 0.600. The molecule has 0 radical (unpaired) electrons. The number of anilines is 1. The fourth-order valence-electron chi connectivity index (χ4n) is 1.81. The van der Waals surface area contributed by atoms with Crippen LogP contribution in [0.15, 0.2) is 6.07 Å². The third-order valence-electron chi connectivity index (χ3n) is 2.66. The first kappa shape index (κ1) is 10.6. The Hall–Kier alpha value is -0.870. The molecule has 0 atom stereocenters. The SMILES string of the molecule is Cc1nc(Cl)cc(N2CCC(N)CC2)n1. The second-order valence-electron chi connectivity index (χ2n) is 3.92. The van der Waals surface area contributed by atoms with Crippen molar-refractivity contribution in [3.8, 4) is 0 Å². The van der Waals surface area contributed by atoms with Gasteiger partial charge in [-0.1, -0.05) is 11.6 Å². The summed E-state index contributed by atoms with van der Waals surface area (Å²) in [5.41, 5.74) is 5.85. The van der Waals surface area contributed by atoms with Crippen LogP contribution in [0.2, 0.25) is 5.15 Å². The topological polar surface area (TPSA) is 55.0 Å². The Morgan fingerprint density at radius 3 is 2.67 bits per heavy atom. The van der Waals surface area contributed by atoms with Crippen LogP contribution >= 0.6 is 11.6 Å². The van der Waals surface area contributed by atoms with E-state index >= 15 is 0 Å². The van der Waals surface area contributed by atoms with Gasteiger partial charge in [0.2, 0.25) is 0 Å². The summed E-state index contributed by atoms with van der Waals surface area (Å²) in [7, 11) is 0. The lowest BCUT2D eigenvalue weighted by Gasteiger charge is -2.31. The molecule has 1 aromatic rings. The Kier molecular flexibility index (Phi) is 3.07. The quantitative estimate of drug-likeness (QED) is 0.735.